The molecule has 0 saturated heterocycles. The highest BCUT2D eigenvalue weighted by atomic mass is 16.4. The van der Waals surface area contributed by atoms with E-state index in [0.29, 0.717) is 17.7 Å². The summed E-state index contributed by atoms with van der Waals surface area (Å²) in [4.78, 5) is 10.5. The molecule has 84 valence electrons. The standard InChI is InChI=1S/C12H13NO3/c1-13-6-2-3-10-7-9(8-12(15)16)4-5-11(10)14/h4-5,7,13-14H,6,8H2,1H3,(H,15,16). The molecule has 1 rings (SSSR count). The molecule has 0 aliphatic rings. The van der Waals surface area contributed by atoms with Gasteiger partial charge in [-0.25, -0.2) is 0 Å². The number of benzene rings is 1. The Labute approximate surface area is 93.9 Å². The van der Waals surface area contributed by atoms with E-state index in [1.165, 1.54) is 6.07 Å². The predicted molar refractivity (Wildman–Crippen MR) is 60.3 cm³/mol. The Morgan fingerprint density at radius 1 is 1.50 bits per heavy atom. The summed E-state index contributed by atoms with van der Waals surface area (Å²) in [6, 6.07) is 4.63. The minimum absolute atomic E-state index is 0.0674. The number of carboxylic acids is 1. The second-order valence-corrected chi connectivity index (χ2v) is 3.25. The molecule has 4 heteroatoms. The number of hydrogen-bond donors (Lipinski definition) is 3. The van der Waals surface area contributed by atoms with Gasteiger partial charge in [0.1, 0.15) is 5.75 Å². The van der Waals surface area contributed by atoms with Crippen molar-refractivity contribution < 1.29 is 15.0 Å². The Morgan fingerprint density at radius 2 is 2.25 bits per heavy atom. The molecule has 0 aliphatic heterocycles. The van der Waals surface area contributed by atoms with E-state index in [0.717, 1.165) is 0 Å². The number of aromatic hydroxyl groups is 1. The van der Waals surface area contributed by atoms with Gasteiger partial charge in [0.25, 0.3) is 0 Å². The molecular weight excluding hydrogens is 206 g/mol. The van der Waals surface area contributed by atoms with Crippen molar-refractivity contribution in [2.24, 2.45) is 0 Å². The maximum absolute atomic E-state index is 10.5. The highest BCUT2D eigenvalue weighted by molar-refractivity contribution is 5.70. The fourth-order valence-electron chi connectivity index (χ4n) is 1.20. The number of carboxylic acid groups (broad SMARTS) is 1. The molecular formula is C12H13NO3. The Bertz CT molecular complexity index is 443. The van der Waals surface area contributed by atoms with Gasteiger partial charge in [0.05, 0.1) is 18.5 Å². The summed E-state index contributed by atoms with van der Waals surface area (Å²) in [5.41, 5.74) is 1.08. The number of rotatable bonds is 3. The van der Waals surface area contributed by atoms with Crippen LogP contribution >= 0.6 is 0 Å². The van der Waals surface area contributed by atoms with Gasteiger partial charge in [-0.1, -0.05) is 17.9 Å². The summed E-state index contributed by atoms with van der Waals surface area (Å²) >= 11 is 0. The molecule has 1 aromatic carbocycles. The zero-order chi connectivity index (χ0) is 12.0. The molecule has 16 heavy (non-hydrogen) atoms. The Hall–Kier alpha value is -1.99. The number of phenolic OH excluding ortho intramolecular Hbond substituents is 1. The van der Waals surface area contributed by atoms with E-state index in [4.69, 9.17) is 5.11 Å². The number of hydrogen-bond acceptors (Lipinski definition) is 3. The fraction of sp³-hybridized carbons (Fsp3) is 0.250. The zero-order valence-corrected chi connectivity index (χ0v) is 8.95. The van der Waals surface area contributed by atoms with E-state index in [-0.39, 0.29) is 12.2 Å². The second kappa shape index (κ2) is 5.79. The molecule has 0 radical (unpaired) electrons. The molecule has 1 aromatic rings. The lowest BCUT2D eigenvalue weighted by Gasteiger charge is -2.00. The van der Waals surface area contributed by atoms with Crippen LogP contribution in [0.1, 0.15) is 11.1 Å². The molecule has 0 aromatic heterocycles. The van der Waals surface area contributed by atoms with Crippen molar-refractivity contribution in [1.29, 1.82) is 0 Å². The Kier molecular flexibility index (Phi) is 4.37. The third kappa shape index (κ3) is 3.64. The normalized spacial score (nSPS) is 9.31. The van der Waals surface area contributed by atoms with E-state index < -0.39 is 5.97 Å². The molecule has 0 amide bonds. The minimum atomic E-state index is -0.903. The highest BCUT2D eigenvalue weighted by Crippen LogP contribution is 2.17. The van der Waals surface area contributed by atoms with Gasteiger partial charge in [0, 0.05) is 0 Å². The minimum Gasteiger partial charge on any atom is -0.507 e. The van der Waals surface area contributed by atoms with Crippen LogP contribution < -0.4 is 5.32 Å². The SMILES string of the molecule is CNCC#Cc1cc(CC(=O)O)ccc1O. The molecule has 0 heterocycles. The van der Waals surface area contributed by atoms with Gasteiger partial charge >= 0.3 is 5.97 Å². The van der Waals surface area contributed by atoms with Crippen LogP contribution in [0.3, 0.4) is 0 Å². The van der Waals surface area contributed by atoms with E-state index in [1.807, 2.05) is 0 Å². The van der Waals surface area contributed by atoms with Crippen LogP contribution in [-0.4, -0.2) is 29.8 Å². The van der Waals surface area contributed by atoms with Crippen molar-refractivity contribution in [2.75, 3.05) is 13.6 Å². The fourth-order valence-corrected chi connectivity index (χ4v) is 1.20. The van der Waals surface area contributed by atoms with Gasteiger partial charge in [-0.05, 0) is 24.7 Å². The second-order valence-electron chi connectivity index (χ2n) is 3.25. The predicted octanol–water partition coefficient (Wildman–Crippen LogP) is 0.590. The van der Waals surface area contributed by atoms with Crippen molar-refractivity contribution >= 4 is 5.97 Å². The average molecular weight is 219 g/mol. The van der Waals surface area contributed by atoms with Gasteiger partial charge in [-0.2, -0.15) is 0 Å². The quantitative estimate of drug-likeness (QED) is 0.651. The Balaban J connectivity index is 2.91. The van der Waals surface area contributed by atoms with Gasteiger partial charge in [-0.3, -0.25) is 4.79 Å². The lowest BCUT2D eigenvalue weighted by atomic mass is 10.1. The number of phenols is 1. The van der Waals surface area contributed by atoms with Crippen molar-refractivity contribution in [3.8, 4) is 17.6 Å². The molecule has 0 saturated carbocycles. The molecule has 0 unspecified atom stereocenters. The van der Waals surface area contributed by atoms with Gasteiger partial charge < -0.3 is 15.5 Å². The first kappa shape index (κ1) is 12.1. The van der Waals surface area contributed by atoms with Gasteiger partial charge in [-0.15, -0.1) is 0 Å². The average Bonchev–Trinajstić information content (AvgIpc) is 2.22. The van der Waals surface area contributed by atoms with E-state index in [2.05, 4.69) is 17.2 Å². The maximum Gasteiger partial charge on any atom is 0.307 e. The first-order chi connectivity index (χ1) is 7.63. The van der Waals surface area contributed by atoms with Gasteiger partial charge in [0.2, 0.25) is 0 Å². The third-order valence-corrected chi connectivity index (χ3v) is 1.90. The molecule has 3 N–H and O–H groups in total. The summed E-state index contributed by atoms with van der Waals surface area (Å²) in [7, 11) is 1.77. The molecule has 0 bridgehead atoms. The van der Waals surface area contributed by atoms with E-state index in [1.54, 1.807) is 19.2 Å². The number of nitrogens with one attached hydrogen (secondary N) is 1. The van der Waals surface area contributed by atoms with Crippen LogP contribution in [0, 0.1) is 11.8 Å². The molecule has 0 aliphatic carbocycles. The van der Waals surface area contributed by atoms with Crippen LogP contribution in [0.15, 0.2) is 18.2 Å². The topological polar surface area (TPSA) is 69.6 Å². The van der Waals surface area contributed by atoms with Crippen LogP contribution in [0.25, 0.3) is 0 Å². The molecule has 4 nitrogen and oxygen atoms in total. The smallest absolute Gasteiger partial charge is 0.307 e. The first-order valence-corrected chi connectivity index (χ1v) is 4.80. The molecule has 0 spiro atoms. The van der Waals surface area contributed by atoms with E-state index >= 15 is 0 Å². The number of aliphatic carboxylic acids is 1. The Morgan fingerprint density at radius 3 is 2.88 bits per heavy atom. The zero-order valence-electron chi connectivity index (χ0n) is 8.95. The summed E-state index contributed by atoms with van der Waals surface area (Å²) in [6.45, 7) is 0.516. The van der Waals surface area contributed by atoms with Crippen LogP contribution in [0.2, 0.25) is 0 Å². The monoisotopic (exact) mass is 219 g/mol. The molecule has 0 atom stereocenters. The van der Waals surface area contributed by atoms with Crippen LogP contribution in [0.4, 0.5) is 0 Å². The highest BCUT2D eigenvalue weighted by Gasteiger charge is 2.03. The lowest BCUT2D eigenvalue weighted by Crippen LogP contribution is -2.04. The van der Waals surface area contributed by atoms with Gasteiger partial charge in [0.15, 0.2) is 0 Å². The van der Waals surface area contributed by atoms with Crippen molar-refractivity contribution in [3.63, 3.8) is 0 Å². The summed E-state index contributed by atoms with van der Waals surface area (Å²) in [5, 5.41) is 21.0. The third-order valence-electron chi connectivity index (χ3n) is 1.90. The summed E-state index contributed by atoms with van der Waals surface area (Å²) in [6.07, 6.45) is -0.0685. The van der Waals surface area contributed by atoms with Crippen LogP contribution in [0.5, 0.6) is 5.75 Å². The molecule has 0 fully saturated rings. The van der Waals surface area contributed by atoms with E-state index in [9.17, 15) is 9.90 Å². The van der Waals surface area contributed by atoms with Crippen LogP contribution in [-0.2, 0) is 11.2 Å². The largest absolute Gasteiger partial charge is 0.507 e. The maximum atomic E-state index is 10.5. The number of carbonyl (C=O) groups is 1. The first-order valence-electron chi connectivity index (χ1n) is 4.80. The van der Waals surface area contributed by atoms with Crippen molar-refractivity contribution in [2.45, 2.75) is 6.42 Å². The lowest BCUT2D eigenvalue weighted by molar-refractivity contribution is -0.136. The summed E-state index contributed by atoms with van der Waals surface area (Å²) < 4.78 is 0. The van der Waals surface area contributed by atoms with Crippen molar-refractivity contribution in [3.05, 3.63) is 29.3 Å². The van der Waals surface area contributed by atoms with Crippen molar-refractivity contribution in [1.82, 2.24) is 5.32 Å². The summed E-state index contributed by atoms with van der Waals surface area (Å²) in [5.74, 6) is 4.74.